The van der Waals surface area contributed by atoms with E-state index in [4.69, 9.17) is 0 Å². The first-order valence-corrected chi connectivity index (χ1v) is 7.83. The minimum Gasteiger partial charge on any atom is -0.481 e. The van der Waals surface area contributed by atoms with Crippen LogP contribution in [0.2, 0.25) is 0 Å². The Kier molecular flexibility index (Phi) is 5.00. The minimum atomic E-state index is -0.796. The number of rotatable bonds is 5. The summed E-state index contributed by atoms with van der Waals surface area (Å²) in [4.78, 5) is 23.2. The standard InChI is InChI=1S/C14H20N2O3S/c17-12(18)14(5-2-1-3-6-14)10-16-13(19)15-8-11-4-7-20-9-11/h4,7,9H,1-3,5-6,8,10H2,(H,17,18)(H2,15,16,19). The van der Waals surface area contributed by atoms with Crippen LogP contribution in [0.5, 0.6) is 0 Å². The number of hydrogen-bond donors (Lipinski definition) is 3. The Hall–Kier alpha value is -1.56. The van der Waals surface area contributed by atoms with Crippen molar-refractivity contribution in [1.29, 1.82) is 0 Å². The molecule has 2 amide bonds. The van der Waals surface area contributed by atoms with Crippen LogP contribution >= 0.6 is 11.3 Å². The molecule has 0 radical (unpaired) electrons. The fraction of sp³-hybridized carbons (Fsp3) is 0.571. The fourth-order valence-electron chi connectivity index (χ4n) is 2.58. The number of nitrogens with one attached hydrogen (secondary N) is 2. The second kappa shape index (κ2) is 6.74. The highest BCUT2D eigenvalue weighted by Crippen LogP contribution is 2.35. The summed E-state index contributed by atoms with van der Waals surface area (Å²) in [5.74, 6) is -0.796. The molecule has 0 bridgehead atoms. The molecule has 1 heterocycles. The lowest BCUT2D eigenvalue weighted by molar-refractivity contribution is -0.150. The highest BCUT2D eigenvalue weighted by Gasteiger charge is 2.39. The molecule has 0 aliphatic heterocycles. The first-order chi connectivity index (χ1) is 9.62. The summed E-state index contributed by atoms with van der Waals surface area (Å²) in [6, 6.07) is 1.65. The van der Waals surface area contributed by atoms with E-state index in [1.165, 1.54) is 0 Å². The summed E-state index contributed by atoms with van der Waals surface area (Å²) in [6.07, 6.45) is 4.22. The molecule has 0 atom stereocenters. The van der Waals surface area contributed by atoms with Gasteiger partial charge in [-0.15, -0.1) is 0 Å². The topological polar surface area (TPSA) is 78.4 Å². The Balaban J connectivity index is 1.80. The van der Waals surface area contributed by atoms with E-state index in [0.717, 1.165) is 24.8 Å². The molecule has 0 unspecified atom stereocenters. The first kappa shape index (κ1) is 14.8. The predicted octanol–water partition coefficient (Wildman–Crippen LogP) is 2.58. The maximum Gasteiger partial charge on any atom is 0.315 e. The van der Waals surface area contributed by atoms with Crippen LogP contribution in [0.25, 0.3) is 0 Å². The SMILES string of the molecule is O=C(NCc1ccsc1)NCC1(C(=O)O)CCCCC1. The average molecular weight is 296 g/mol. The molecule has 0 saturated heterocycles. The van der Waals surface area contributed by atoms with Gasteiger partial charge in [-0.25, -0.2) is 4.79 Å². The van der Waals surface area contributed by atoms with E-state index in [9.17, 15) is 14.7 Å². The molecular formula is C14H20N2O3S. The predicted molar refractivity (Wildman–Crippen MR) is 77.7 cm³/mol. The second-order valence-corrected chi connectivity index (χ2v) is 6.09. The molecule has 1 aliphatic carbocycles. The lowest BCUT2D eigenvalue weighted by Crippen LogP contribution is -2.47. The van der Waals surface area contributed by atoms with Gasteiger partial charge >= 0.3 is 12.0 Å². The largest absolute Gasteiger partial charge is 0.481 e. The molecule has 6 heteroatoms. The monoisotopic (exact) mass is 296 g/mol. The quantitative estimate of drug-likeness (QED) is 0.781. The number of carbonyl (C=O) groups is 2. The molecule has 1 aromatic rings. The van der Waals surface area contributed by atoms with Crippen molar-refractivity contribution in [3.63, 3.8) is 0 Å². The minimum absolute atomic E-state index is 0.206. The Bertz CT molecular complexity index is 453. The van der Waals surface area contributed by atoms with E-state index in [1.54, 1.807) is 11.3 Å². The van der Waals surface area contributed by atoms with Gasteiger partial charge in [0.05, 0.1) is 5.41 Å². The van der Waals surface area contributed by atoms with Crippen LogP contribution in [0.4, 0.5) is 4.79 Å². The van der Waals surface area contributed by atoms with E-state index in [1.807, 2.05) is 16.8 Å². The van der Waals surface area contributed by atoms with Gasteiger partial charge in [0, 0.05) is 13.1 Å². The van der Waals surface area contributed by atoms with Crippen molar-refractivity contribution in [3.05, 3.63) is 22.4 Å². The van der Waals surface area contributed by atoms with Gasteiger partial charge in [0.25, 0.3) is 0 Å². The third-order valence-electron chi connectivity index (χ3n) is 3.88. The number of amides is 2. The average Bonchev–Trinajstić information content (AvgIpc) is 2.97. The van der Waals surface area contributed by atoms with Crippen molar-refractivity contribution in [1.82, 2.24) is 10.6 Å². The summed E-state index contributed by atoms with van der Waals surface area (Å²) in [7, 11) is 0. The number of hydrogen-bond acceptors (Lipinski definition) is 3. The lowest BCUT2D eigenvalue weighted by Gasteiger charge is -2.33. The summed E-state index contributed by atoms with van der Waals surface area (Å²) < 4.78 is 0. The number of carboxylic acids is 1. The maximum atomic E-state index is 11.7. The normalized spacial score (nSPS) is 17.4. The third-order valence-corrected chi connectivity index (χ3v) is 4.62. The van der Waals surface area contributed by atoms with Gasteiger partial charge in [-0.1, -0.05) is 19.3 Å². The van der Waals surface area contributed by atoms with Gasteiger partial charge < -0.3 is 15.7 Å². The highest BCUT2D eigenvalue weighted by molar-refractivity contribution is 7.07. The van der Waals surface area contributed by atoms with Crippen molar-refractivity contribution in [2.45, 2.75) is 38.6 Å². The van der Waals surface area contributed by atoms with Crippen molar-refractivity contribution in [3.8, 4) is 0 Å². The number of carboxylic acid groups (broad SMARTS) is 1. The zero-order valence-electron chi connectivity index (χ0n) is 11.4. The molecule has 20 heavy (non-hydrogen) atoms. The highest BCUT2D eigenvalue weighted by atomic mass is 32.1. The van der Waals surface area contributed by atoms with E-state index in [0.29, 0.717) is 19.4 Å². The molecule has 110 valence electrons. The molecule has 5 nitrogen and oxygen atoms in total. The van der Waals surface area contributed by atoms with E-state index >= 15 is 0 Å². The summed E-state index contributed by atoms with van der Waals surface area (Å²) >= 11 is 1.58. The number of aliphatic carboxylic acids is 1. The second-order valence-electron chi connectivity index (χ2n) is 5.31. The zero-order valence-corrected chi connectivity index (χ0v) is 12.2. The van der Waals surface area contributed by atoms with Crippen LogP contribution in [-0.2, 0) is 11.3 Å². The zero-order chi connectivity index (χ0) is 14.4. The molecule has 0 aromatic carbocycles. The van der Waals surface area contributed by atoms with E-state index in [2.05, 4.69) is 10.6 Å². The molecule has 1 fully saturated rings. The van der Waals surface area contributed by atoms with E-state index in [-0.39, 0.29) is 12.6 Å². The van der Waals surface area contributed by atoms with Gasteiger partial charge in [-0.2, -0.15) is 11.3 Å². The van der Waals surface area contributed by atoms with Crippen molar-refractivity contribution >= 4 is 23.3 Å². The van der Waals surface area contributed by atoms with Crippen LogP contribution < -0.4 is 10.6 Å². The molecule has 1 aliphatic rings. The van der Waals surface area contributed by atoms with Crippen LogP contribution in [-0.4, -0.2) is 23.7 Å². The molecular weight excluding hydrogens is 276 g/mol. The van der Waals surface area contributed by atoms with Gasteiger partial charge in [0.15, 0.2) is 0 Å². The maximum absolute atomic E-state index is 11.7. The Morgan fingerprint density at radius 2 is 2.00 bits per heavy atom. The van der Waals surface area contributed by atoms with Crippen LogP contribution in [0, 0.1) is 5.41 Å². The lowest BCUT2D eigenvalue weighted by atomic mass is 9.74. The number of carbonyl (C=O) groups excluding carboxylic acids is 1. The Morgan fingerprint density at radius 3 is 2.60 bits per heavy atom. The third kappa shape index (κ3) is 3.72. The van der Waals surface area contributed by atoms with Gasteiger partial charge in [-0.3, -0.25) is 4.79 Å². The van der Waals surface area contributed by atoms with Crippen LogP contribution in [0.1, 0.15) is 37.7 Å². The molecule has 2 rings (SSSR count). The first-order valence-electron chi connectivity index (χ1n) is 6.89. The summed E-state index contributed by atoms with van der Waals surface area (Å²) in [5.41, 5.74) is 0.272. The van der Waals surface area contributed by atoms with Crippen LogP contribution in [0.3, 0.4) is 0 Å². The summed E-state index contributed by atoms with van der Waals surface area (Å²) in [6.45, 7) is 0.674. The van der Waals surface area contributed by atoms with Gasteiger partial charge in [0.2, 0.25) is 0 Å². The smallest absolute Gasteiger partial charge is 0.315 e. The van der Waals surface area contributed by atoms with Crippen molar-refractivity contribution < 1.29 is 14.7 Å². The molecule has 3 N–H and O–H groups in total. The van der Waals surface area contributed by atoms with Gasteiger partial charge in [0.1, 0.15) is 0 Å². The fourth-order valence-corrected chi connectivity index (χ4v) is 3.25. The number of urea groups is 1. The molecule has 1 saturated carbocycles. The van der Waals surface area contributed by atoms with Gasteiger partial charge in [-0.05, 0) is 35.2 Å². The van der Waals surface area contributed by atoms with E-state index < -0.39 is 11.4 Å². The van der Waals surface area contributed by atoms with Crippen molar-refractivity contribution in [2.75, 3.05) is 6.54 Å². The Labute approximate surface area is 122 Å². The van der Waals surface area contributed by atoms with Crippen LogP contribution in [0.15, 0.2) is 16.8 Å². The number of thiophene rings is 1. The summed E-state index contributed by atoms with van der Waals surface area (Å²) in [5, 5.41) is 18.8. The molecule has 0 spiro atoms. The Morgan fingerprint density at radius 1 is 1.25 bits per heavy atom. The van der Waals surface area contributed by atoms with Crippen molar-refractivity contribution in [2.24, 2.45) is 5.41 Å². The molecule has 1 aromatic heterocycles.